The number of hydrogen-bond donors (Lipinski definition) is 0. The molecule has 7 nitrogen and oxygen atoms in total. The van der Waals surface area contributed by atoms with Gasteiger partial charge < -0.3 is 9.64 Å². The van der Waals surface area contributed by atoms with E-state index in [4.69, 9.17) is 4.74 Å². The average molecular weight is 571 g/mol. The summed E-state index contributed by atoms with van der Waals surface area (Å²) in [4.78, 5) is 24.8. The van der Waals surface area contributed by atoms with Crippen LogP contribution in [0.1, 0.15) is 34.7 Å². The quantitative estimate of drug-likeness (QED) is 0.220. The van der Waals surface area contributed by atoms with Crippen LogP contribution in [0.4, 0.5) is 22.0 Å². The lowest BCUT2D eigenvalue weighted by atomic mass is 9.88. The summed E-state index contributed by atoms with van der Waals surface area (Å²) in [5, 5.41) is 8.13. The van der Waals surface area contributed by atoms with Gasteiger partial charge in [-0.25, -0.2) is 18.3 Å². The Bertz CT molecular complexity index is 1590. The fraction of sp³-hybridized carbons (Fsp3) is 0.241. The second-order valence-corrected chi connectivity index (χ2v) is 9.62. The number of rotatable bonds is 5. The van der Waals surface area contributed by atoms with Crippen LogP contribution in [-0.4, -0.2) is 58.1 Å². The molecule has 0 N–H and O–H groups in total. The molecule has 0 atom stereocenters. The molecule has 1 fully saturated rings. The molecule has 1 saturated heterocycles. The average Bonchev–Trinajstić information content (AvgIpc) is 3.48. The predicted molar refractivity (Wildman–Crippen MR) is 138 cm³/mol. The molecular weight excluding hydrogens is 547 g/mol. The lowest BCUT2D eigenvalue weighted by molar-refractivity contribution is -0.186. The van der Waals surface area contributed by atoms with Crippen LogP contribution in [0, 0.1) is 11.6 Å². The van der Waals surface area contributed by atoms with Crippen molar-refractivity contribution >= 4 is 11.9 Å². The number of likely N-dealkylation sites (tertiary alicyclic amines) is 1. The number of alkyl halides is 3. The summed E-state index contributed by atoms with van der Waals surface area (Å²) in [6, 6.07) is 15.8. The highest BCUT2D eigenvalue weighted by Crippen LogP contribution is 2.32. The van der Waals surface area contributed by atoms with Gasteiger partial charge in [0.2, 0.25) is 0 Å². The second-order valence-electron chi connectivity index (χ2n) is 9.62. The molecule has 0 saturated carbocycles. The van der Waals surface area contributed by atoms with E-state index >= 15 is 0 Å². The first kappa shape index (κ1) is 27.9. The van der Waals surface area contributed by atoms with E-state index in [1.54, 1.807) is 18.2 Å². The van der Waals surface area contributed by atoms with Gasteiger partial charge in [0.15, 0.2) is 11.6 Å². The number of piperidine rings is 1. The van der Waals surface area contributed by atoms with Crippen molar-refractivity contribution in [3.63, 3.8) is 0 Å². The number of hydrogen-bond acceptors (Lipinski definition) is 5. The van der Waals surface area contributed by atoms with E-state index in [9.17, 15) is 31.5 Å². The molecule has 1 aromatic heterocycles. The normalized spacial score (nSPS) is 14.2. The smallest absolute Gasteiger partial charge is 0.465 e. The molecule has 0 radical (unpaired) electrons. The molecule has 2 heterocycles. The summed E-state index contributed by atoms with van der Waals surface area (Å²) in [7, 11) is 1.26. The second kappa shape index (κ2) is 11.1. The first-order valence-electron chi connectivity index (χ1n) is 12.6. The van der Waals surface area contributed by atoms with Crippen LogP contribution >= 0.6 is 0 Å². The molecule has 212 valence electrons. The van der Waals surface area contributed by atoms with E-state index in [1.165, 1.54) is 24.1 Å². The number of halogens is 5. The van der Waals surface area contributed by atoms with Gasteiger partial charge in [0, 0.05) is 18.7 Å². The fourth-order valence-electron chi connectivity index (χ4n) is 4.87. The van der Waals surface area contributed by atoms with Crippen molar-refractivity contribution in [2.75, 3.05) is 20.2 Å². The van der Waals surface area contributed by atoms with Crippen LogP contribution < -0.4 is 0 Å². The molecule has 1 amide bonds. The molecular formula is C29H23F5N4O3. The van der Waals surface area contributed by atoms with E-state index in [0.29, 0.717) is 35.3 Å². The van der Waals surface area contributed by atoms with Gasteiger partial charge >= 0.3 is 18.1 Å². The fourth-order valence-corrected chi connectivity index (χ4v) is 4.87. The van der Waals surface area contributed by atoms with Gasteiger partial charge in [-0.05, 0) is 71.8 Å². The molecule has 0 aliphatic carbocycles. The monoisotopic (exact) mass is 570 g/mol. The number of amides is 1. The lowest BCUT2D eigenvalue weighted by Crippen LogP contribution is -2.45. The van der Waals surface area contributed by atoms with Crippen molar-refractivity contribution in [2.45, 2.75) is 24.9 Å². The zero-order valence-electron chi connectivity index (χ0n) is 21.7. The third kappa shape index (κ3) is 5.96. The Morgan fingerprint density at radius 3 is 2.20 bits per heavy atom. The van der Waals surface area contributed by atoms with Gasteiger partial charge in [0.05, 0.1) is 24.6 Å². The first-order chi connectivity index (χ1) is 19.5. The maximum Gasteiger partial charge on any atom is 0.471 e. The van der Waals surface area contributed by atoms with Gasteiger partial charge in [0.1, 0.15) is 5.69 Å². The Morgan fingerprint density at radius 1 is 0.878 bits per heavy atom. The molecule has 12 heteroatoms. The third-order valence-electron chi connectivity index (χ3n) is 7.05. The predicted octanol–water partition coefficient (Wildman–Crippen LogP) is 5.93. The number of esters is 1. The van der Waals surface area contributed by atoms with E-state index in [2.05, 4.69) is 10.3 Å². The van der Waals surface area contributed by atoms with E-state index in [0.717, 1.165) is 28.2 Å². The van der Waals surface area contributed by atoms with Gasteiger partial charge in [-0.1, -0.05) is 29.5 Å². The van der Waals surface area contributed by atoms with Crippen molar-refractivity contribution in [1.82, 2.24) is 19.9 Å². The highest BCUT2D eigenvalue weighted by atomic mass is 19.4. The minimum Gasteiger partial charge on any atom is -0.465 e. The largest absolute Gasteiger partial charge is 0.471 e. The number of carbonyl (C=O) groups is 2. The topological polar surface area (TPSA) is 77.3 Å². The number of nitrogens with zero attached hydrogens (tertiary/aromatic N) is 4. The molecule has 0 bridgehead atoms. The van der Waals surface area contributed by atoms with Gasteiger partial charge in [-0.15, -0.1) is 5.10 Å². The number of methoxy groups -OCH3 is 1. The Kier molecular flexibility index (Phi) is 7.57. The lowest BCUT2D eigenvalue weighted by Gasteiger charge is -2.32. The summed E-state index contributed by atoms with van der Waals surface area (Å²) >= 11 is 0. The minimum atomic E-state index is -4.88. The third-order valence-corrected chi connectivity index (χ3v) is 7.05. The summed E-state index contributed by atoms with van der Waals surface area (Å²) in [5.41, 5.74) is 3.68. The summed E-state index contributed by atoms with van der Waals surface area (Å²) in [6.07, 6.45) is -2.53. The molecule has 0 unspecified atom stereocenters. The zero-order valence-corrected chi connectivity index (χ0v) is 21.7. The van der Waals surface area contributed by atoms with E-state index in [-0.39, 0.29) is 24.6 Å². The SMILES string of the molecule is COC(=O)c1cc(-c2ccc(C3CCN(C(=O)C(F)(F)F)CC3)cc2)cc(-n2cc(-c3ccc(F)c(F)c3)nn2)c1. The number of ether oxygens (including phenoxy) is 1. The summed E-state index contributed by atoms with van der Waals surface area (Å²) < 4.78 is 71.6. The van der Waals surface area contributed by atoms with Crippen molar-refractivity contribution in [2.24, 2.45) is 0 Å². The maximum absolute atomic E-state index is 13.7. The van der Waals surface area contributed by atoms with Crippen molar-refractivity contribution in [3.8, 4) is 28.1 Å². The maximum atomic E-state index is 13.7. The number of benzene rings is 3. The van der Waals surface area contributed by atoms with Crippen molar-refractivity contribution < 1.29 is 36.3 Å². The molecule has 1 aliphatic heterocycles. The van der Waals surface area contributed by atoms with Crippen molar-refractivity contribution in [1.29, 1.82) is 0 Å². The number of aromatic nitrogens is 3. The Balaban J connectivity index is 1.39. The zero-order chi connectivity index (χ0) is 29.3. The molecule has 5 rings (SSSR count). The van der Waals surface area contributed by atoms with Gasteiger partial charge in [-0.2, -0.15) is 13.2 Å². The van der Waals surface area contributed by atoms with Crippen LogP contribution in [0.3, 0.4) is 0 Å². The molecule has 3 aromatic carbocycles. The summed E-state index contributed by atoms with van der Waals surface area (Å²) in [6.45, 7) is 0.0551. The Morgan fingerprint density at radius 2 is 1.56 bits per heavy atom. The van der Waals surface area contributed by atoms with Crippen molar-refractivity contribution in [3.05, 3.63) is 89.6 Å². The highest BCUT2D eigenvalue weighted by molar-refractivity contribution is 5.92. The summed E-state index contributed by atoms with van der Waals surface area (Å²) in [5.74, 6) is -4.38. The van der Waals surface area contributed by atoms with Crippen LogP contribution in [0.2, 0.25) is 0 Å². The minimum absolute atomic E-state index is 0.00293. The van der Waals surface area contributed by atoms with Crippen LogP contribution in [0.25, 0.3) is 28.1 Å². The molecule has 0 spiro atoms. The Hall–Kier alpha value is -4.61. The van der Waals surface area contributed by atoms with E-state index < -0.39 is 29.7 Å². The molecule has 1 aliphatic rings. The van der Waals surface area contributed by atoms with Gasteiger partial charge in [-0.3, -0.25) is 4.79 Å². The number of carbonyl (C=O) groups excluding carboxylic acids is 2. The van der Waals surface area contributed by atoms with Crippen LogP contribution in [0.5, 0.6) is 0 Å². The Labute approximate surface area is 231 Å². The standard InChI is InChI=1S/C29H23F5N4O3/c1-41-27(39)22-12-21(13-23(14-22)38-16-26(35-36-38)20-6-7-24(30)25(31)15-20)18-4-2-17(3-5-18)19-8-10-37(11-9-19)28(40)29(32,33)34/h2-7,12-16,19H,8-11H2,1H3. The molecule has 4 aromatic rings. The molecule has 41 heavy (non-hydrogen) atoms. The van der Waals surface area contributed by atoms with Crippen LogP contribution in [0.15, 0.2) is 66.9 Å². The highest BCUT2D eigenvalue weighted by Gasteiger charge is 2.43. The first-order valence-corrected chi connectivity index (χ1v) is 12.6. The van der Waals surface area contributed by atoms with E-state index in [1.807, 2.05) is 24.3 Å². The van der Waals surface area contributed by atoms with Crippen LogP contribution in [-0.2, 0) is 9.53 Å². The van der Waals surface area contributed by atoms with Gasteiger partial charge in [0.25, 0.3) is 0 Å².